The van der Waals surface area contributed by atoms with Crippen molar-refractivity contribution in [1.82, 2.24) is 0 Å². The van der Waals surface area contributed by atoms with E-state index in [0.29, 0.717) is 0 Å². The zero-order chi connectivity index (χ0) is 12.8. The first-order valence-corrected chi connectivity index (χ1v) is 5.59. The standard InChI is InChI=1S/C12H20N4O/c1-4-11(12(13)15-17)14-9-5-7-10(8-6-9)16(2)3/h5-8,11,14,17H,4H2,1-3H3,(H2,13,15). The highest BCUT2D eigenvalue weighted by molar-refractivity contribution is 5.87. The lowest BCUT2D eigenvalue weighted by molar-refractivity contribution is 0.316. The van der Waals surface area contributed by atoms with Crippen molar-refractivity contribution in [3.05, 3.63) is 24.3 Å². The van der Waals surface area contributed by atoms with Crippen LogP contribution in [0.3, 0.4) is 0 Å². The summed E-state index contributed by atoms with van der Waals surface area (Å²) in [6, 6.07) is 7.83. The van der Waals surface area contributed by atoms with E-state index in [9.17, 15) is 0 Å². The second kappa shape index (κ2) is 5.98. The summed E-state index contributed by atoms with van der Waals surface area (Å²) >= 11 is 0. The van der Waals surface area contributed by atoms with Gasteiger partial charge in [0.2, 0.25) is 0 Å². The van der Waals surface area contributed by atoms with E-state index in [-0.39, 0.29) is 11.9 Å². The fourth-order valence-electron chi connectivity index (χ4n) is 1.51. The number of hydrogen-bond donors (Lipinski definition) is 3. The molecule has 5 heteroatoms. The van der Waals surface area contributed by atoms with Gasteiger partial charge >= 0.3 is 0 Å². The van der Waals surface area contributed by atoms with Gasteiger partial charge in [0.1, 0.15) is 0 Å². The van der Waals surface area contributed by atoms with Gasteiger partial charge in [-0.15, -0.1) is 0 Å². The third kappa shape index (κ3) is 3.55. The van der Waals surface area contributed by atoms with Crippen molar-refractivity contribution >= 4 is 17.2 Å². The van der Waals surface area contributed by atoms with Crippen molar-refractivity contribution in [1.29, 1.82) is 0 Å². The third-order valence-electron chi connectivity index (χ3n) is 2.61. The average molecular weight is 236 g/mol. The molecule has 0 aliphatic heterocycles. The minimum Gasteiger partial charge on any atom is -0.409 e. The predicted molar refractivity (Wildman–Crippen MR) is 71.9 cm³/mol. The summed E-state index contributed by atoms with van der Waals surface area (Å²) in [6.07, 6.45) is 0.755. The van der Waals surface area contributed by atoms with Gasteiger partial charge in [-0.1, -0.05) is 12.1 Å². The van der Waals surface area contributed by atoms with Gasteiger partial charge in [0, 0.05) is 25.5 Å². The van der Waals surface area contributed by atoms with Crippen molar-refractivity contribution in [3.8, 4) is 0 Å². The number of benzene rings is 1. The number of nitrogens with one attached hydrogen (secondary N) is 1. The molecule has 0 heterocycles. The smallest absolute Gasteiger partial charge is 0.161 e. The maximum atomic E-state index is 8.65. The Bertz CT molecular complexity index is 373. The van der Waals surface area contributed by atoms with Crippen LogP contribution in [0.15, 0.2) is 29.4 Å². The molecule has 94 valence electrons. The molecule has 1 aromatic rings. The summed E-state index contributed by atoms with van der Waals surface area (Å²) in [5.41, 5.74) is 7.67. The van der Waals surface area contributed by atoms with Crippen LogP contribution in [0.25, 0.3) is 0 Å². The molecule has 0 aromatic heterocycles. The second-order valence-electron chi connectivity index (χ2n) is 4.07. The van der Waals surface area contributed by atoms with Crippen LogP contribution in [0.4, 0.5) is 11.4 Å². The maximum absolute atomic E-state index is 8.65. The minimum atomic E-state index is -0.148. The average Bonchev–Trinajstić information content (AvgIpc) is 2.35. The van der Waals surface area contributed by atoms with Gasteiger partial charge in [0.25, 0.3) is 0 Å². The lowest BCUT2D eigenvalue weighted by atomic mass is 10.2. The molecule has 17 heavy (non-hydrogen) atoms. The first kappa shape index (κ1) is 13.2. The minimum absolute atomic E-state index is 0.148. The van der Waals surface area contributed by atoms with Crippen LogP contribution < -0.4 is 16.0 Å². The first-order valence-electron chi connectivity index (χ1n) is 5.59. The number of anilines is 2. The summed E-state index contributed by atoms with van der Waals surface area (Å²) < 4.78 is 0. The zero-order valence-electron chi connectivity index (χ0n) is 10.5. The topological polar surface area (TPSA) is 73.9 Å². The van der Waals surface area contributed by atoms with E-state index < -0.39 is 0 Å². The summed E-state index contributed by atoms with van der Waals surface area (Å²) in [5, 5.41) is 14.9. The molecular formula is C12H20N4O. The molecule has 0 saturated heterocycles. The molecule has 0 fully saturated rings. The molecule has 0 radical (unpaired) electrons. The monoisotopic (exact) mass is 236 g/mol. The molecule has 1 atom stereocenters. The van der Waals surface area contributed by atoms with Gasteiger partial charge in [-0.05, 0) is 30.7 Å². The van der Waals surface area contributed by atoms with Crippen LogP contribution in [0, 0.1) is 0 Å². The molecule has 1 rings (SSSR count). The largest absolute Gasteiger partial charge is 0.409 e. The Kier molecular flexibility index (Phi) is 4.63. The summed E-state index contributed by atoms with van der Waals surface area (Å²) in [4.78, 5) is 2.03. The maximum Gasteiger partial charge on any atom is 0.161 e. The molecule has 1 aromatic carbocycles. The first-order chi connectivity index (χ1) is 8.08. The highest BCUT2D eigenvalue weighted by Crippen LogP contribution is 2.16. The molecule has 0 saturated carbocycles. The zero-order valence-corrected chi connectivity index (χ0v) is 10.5. The number of oxime groups is 1. The SMILES string of the molecule is CCC(Nc1ccc(N(C)C)cc1)C(N)=NO. The summed E-state index contributed by atoms with van der Waals surface area (Å²) in [5.74, 6) is 0.198. The van der Waals surface area contributed by atoms with E-state index in [1.165, 1.54) is 0 Å². The van der Waals surface area contributed by atoms with E-state index in [0.717, 1.165) is 17.8 Å². The Hall–Kier alpha value is -1.91. The molecule has 4 N–H and O–H groups in total. The van der Waals surface area contributed by atoms with Crippen molar-refractivity contribution in [2.75, 3.05) is 24.3 Å². The number of amidine groups is 1. The van der Waals surface area contributed by atoms with Crippen LogP contribution in [-0.2, 0) is 0 Å². The van der Waals surface area contributed by atoms with Crippen LogP contribution in [0.1, 0.15) is 13.3 Å². The van der Waals surface area contributed by atoms with Crippen LogP contribution in [0.5, 0.6) is 0 Å². The van der Waals surface area contributed by atoms with Crippen molar-refractivity contribution < 1.29 is 5.21 Å². The number of nitrogens with two attached hydrogens (primary N) is 1. The number of nitrogens with zero attached hydrogens (tertiary/aromatic N) is 2. The van der Waals surface area contributed by atoms with E-state index in [1.807, 2.05) is 50.2 Å². The van der Waals surface area contributed by atoms with Gasteiger partial charge in [-0.3, -0.25) is 0 Å². The van der Waals surface area contributed by atoms with Gasteiger partial charge in [0.15, 0.2) is 5.84 Å². The highest BCUT2D eigenvalue weighted by Gasteiger charge is 2.10. The number of hydrogen-bond acceptors (Lipinski definition) is 4. The predicted octanol–water partition coefficient (Wildman–Crippen LogP) is 1.69. The summed E-state index contributed by atoms with van der Waals surface area (Å²) in [6.45, 7) is 1.98. The Morgan fingerprint density at radius 1 is 1.41 bits per heavy atom. The van der Waals surface area contributed by atoms with Crippen LogP contribution in [-0.4, -0.2) is 31.2 Å². The van der Waals surface area contributed by atoms with E-state index in [4.69, 9.17) is 10.9 Å². The van der Waals surface area contributed by atoms with Crippen LogP contribution in [0.2, 0.25) is 0 Å². The van der Waals surface area contributed by atoms with E-state index in [2.05, 4.69) is 10.5 Å². The van der Waals surface area contributed by atoms with Gasteiger partial charge in [-0.25, -0.2) is 0 Å². The lowest BCUT2D eigenvalue weighted by Gasteiger charge is -2.18. The third-order valence-corrected chi connectivity index (χ3v) is 2.61. The molecule has 0 aliphatic rings. The Morgan fingerprint density at radius 2 is 2.00 bits per heavy atom. The Balaban J connectivity index is 2.74. The summed E-state index contributed by atoms with van der Waals surface area (Å²) in [7, 11) is 3.99. The fourth-order valence-corrected chi connectivity index (χ4v) is 1.51. The van der Waals surface area contributed by atoms with Gasteiger partial charge in [-0.2, -0.15) is 0 Å². The van der Waals surface area contributed by atoms with Crippen molar-refractivity contribution in [3.63, 3.8) is 0 Å². The molecule has 1 unspecified atom stereocenters. The quantitative estimate of drug-likeness (QED) is 0.315. The van der Waals surface area contributed by atoms with Crippen molar-refractivity contribution in [2.24, 2.45) is 10.9 Å². The van der Waals surface area contributed by atoms with Gasteiger partial charge < -0.3 is 21.2 Å². The molecular weight excluding hydrogens is 216 g/mol. The normalized spacial score (nSPS) is 13.2. The molecule has 0 bridgehead atoms. The van der Waals surface area contributed by atoms with Gasteiger partial charge in [0.05, 0.1) is 6.04 Å². The molecule has 5 nitrogen and oxygen atoms in total. The number of rotatable bonds is 5. The molecule has 0 spiro atoms. The van der Waals surface area contributed by atoms with Crippen molar-refractivity contribution in [2.45, 2.75) is 19.4 Å². The Labute approximate surface area is 102 Å². The van der Waals surface area contributed by atoms with Crippen LogP contribution >= 0.6 is 0 Å². The highest BCUT2D eigenvalue weighted by atomic mass is 16.4. The lowest BCUT2D eigenvalue weighted by Crippen LogP contribution is -2.35. The molecule has 0 aliphatic carbocycles. The fraction of sp³-hybridized carbons (Fsp3) is 0.417. The Morgan fingerprint density at radius 3 is 2.41 bits per heavy atom. The molecule has 0 amide bonds. The van der Waals surface area contributed by atoms with E-state index >= 15 is 0 Å². The van der Waals surface area contributed by atoms with E-state index in [1.54, 1.807) is 0 Å². The second-order valence-corrected chi connectivity index (χ2v) is 4.07.